The van der Waals surface area contributed by atoms with E-state index in [1.165, 1.54) is 6.08 Å². The molecule has 0 fully saturated rings. The van der Waals surface area contributed by atoms with Gasteiger partial charge in [-0.05, 0) is 6.42 Å². The van der Waals surface area contributed by atoms with Crippen molar-refractivity contribution in [3.05, 3.63) is 12.2 Å². The number of rotatable bonds is 5. The normalized spacial score (nSPS) is 10.6. The average molecular weight is 215 g/mol. The molecule has 0 aromatic carbocycles. The maximum absolute atomic E-state index is 9.79. The van der Waals surface area contributed by atoms with E-state index in [2.05, 4.69) is 33.0 Å². The Labute approximate surface area is 93.6 Å². The second kappa shape index (κ2) is 11.2. The molecule has 90 valence electrons. The predicted molar refractivity (Wildman–Crippen MR) is 65.1 cm³/mol. The molecule has 0 amide bonds. The molecule has 15 heavy (non-hydrogen) atoms. The van der Waals surface area contributed by atoms with Crippen LogP contribution in [0.25, 0.3) is 0 Å². The van der Waals surface area contributed by atoms with Gasteiger partial charge in [-0.25, -0.2) is 4.79 Å². The Bertz CT molecular complexity index is 168. The number of hydrogen-bond donors (Lipinski definition) is 2. The molecule has 0 aliphatic rings. The molecule has 0 saturated carbocycles. The highest BCUT2D eigenvalue weighted by atomic mass is 16.4. The first-order valence-corrected chi connectivity index (χ1v) is 5.55. The number of carboxylic acid groups (broad SMARTS) is 1. The number of hydrogen-bond acceptors (Lipinski definition) is 2. The summed E-state index contributed by atoms with van der Waals surface area (Å²) in [6.45, 7) is 10.6. The van der Waals surface area contributed by atoms with Gasteiger partial charge in [-0.15, -0.1) is 0 Å². The summed E-state index contributed by atoms with van der Waals surface area (Å²) in [5, 5.41) is 11.4. The lowest BCUT2D eigenvalue weighted by Gasteiger charge is -2.10. The number of aliphatic carboxylic acids is 1. The third-order valence-electron chi connectivity index (χ3n) is 1.38. The number of nitrogens with one attached hydrogen (secondary N) is 1. The van der Waals surface area contributed by atoms with Crippen LogP contribution in [0.15, 0.2) is 12.2 Å². The Morgan fingerprint density at radius 2 is 1.73 bits per heavy atom. The van der Waals surface area contributed by atoms with Crippen LogP contribution >= 0.6 is 0 Å². The molecule has 2 N–H and O–H groups in total. The Morgan fingerprint density at radius 3 is 1.93 bits per heavy atom. The van der Waals surface area contributed by atoms with Crippen molar-refractivity contribution in [3.8, 4) is 0 Å². The van der Waals surface area contributed by atoms with Crippen LogP contribution in [0, 0.1) is 0 Å². The third kappa shape index (κ3) is 24.6. The van der Waals surface area contributed by atoms with E-state index in [0.717, 1.165) is 12.8 Å². The lowest BCUT2D eigenvalue weighted by Crippen LogP contribution is -2.29. The Kier molecular flexibility index (Phi) is 12.4. The van der Waals surface area contributed by atoms with E-state index in [4.69, 9.17) is 5.11 Å². The van der Waals surface area contributed by atoms with Crippen LogP contribution in [0.1, 0.15) is 47.5 Å². The molecule has 0 aliphatic carbocycles. The molecule has 3 nitrogen and oxygen atoms in total. The fourth-order valence-corrected chi connectivity index (χ4v) is 1.02. The average Bonchev–Trinajstić information content (AvgIpc) is 2.02. The van der Waals surface area contributed by atoms with E-state index in [-0.39, 0.29) is 0 Å². The van der Waals surface area contributed by atoms with Crippen molar-refractivity contribution in [2.75, 3.05) is 0 Å². The zero-order chi connectivity index (χ0) is 12.3. The van der Waals surface area contributed by atoms with Crippen LogP contribution in [0.4, 0.5) is 0 Å². The number of allylic oxidation sites excluding steroid dienone is 1. The van der Waals surface area contributed by atoms with E-state index < -0.39 is 5.97 Å². The Balaban J connectivity index is 0. The van der Waals surface area contributed by atoms with Crippen LogP contribution in [0.3, 0.4) is 0 Å². The van der Waals surface area contributed by atoms with E-state index in [1.807, 2.05) is 6.92 Å². The standard InChI is InChI=1S/C6H15N.C6H10O2/c1-5(2)7-6(3)4;1-2-3-4-5-6(7)8/h5-7H,1-4H3;4-5H,2-3H2,1H3,(H,7,8)/b;5-4+. The van der Waals surface area contributed by atoms with E-state index in [9.17, 15) is 4.79 Å². The summed E-state index contributed by atoms with van der Waals surface area (Å²) in [5.74, 6) is -0.863. The second-order valence-corrected chi connectivity index (χ2v) is 4.01. The molecule has 0 aromatic rings. The lowest BCUT2D eigenvalue weighted by atomic mass is 10.3. The summed E-state index contributed by atoms with van der Waals surface area (Å²) < 4.78 is 0. The molecular weight excluding hydrogens is 190 g/mol. The van der Waals surface area contributed by atoms with Gasteiger partial charge in [-0.3, -0.25) is 0 Å². The highest BCUT2D eigenvalue weighted by molar-refractivity contribution is 5.79. The van der Waals surface area contributed by atoms with Gasteiger partial charge in [0.05, 0.1) is 0 Å². The predicted octanol–water partition coefficient (Wildman–Crippen LogP) is 2.82. The summed E-state index contributed by atoms with van der Waals surface area (Å²) in [5.41, 5.74) is 0. The molecule has 0 aromatic heterocycles. The van der Waals surface area contributed by atoms with Crippen LogP contribution in [-0.2, 0) is 4.79 Å². The Morgan fingerprint density at radius 1 is 1.27 bits per heavy atom. The van der Waals surface area contributed by atoms with Crippen molar-refractivity contribution in [2.24, 2.45) is 0 Å². The number of carboxylic acids is 1. The van der Waals surface area contributed by atoms with Crippen LogP contribution in [0.5, 0.6) is 0 Å². The van der Waals surface area contributed by atoms with Gasteiger partial charge in [0.1, 0.15) is 0 Å². The van der Waals surface area contributed by atoms with Gasteiger partial charge in [0, 0.05) is 18.2 Å². The van der Waals surface area contributed by atoms with Crippen molar-refractivity contribution < 1.29 is 9.90 Å². The zero-order valence-corrected chi connectivity index (χ0v) is 10.6. The fourth-order valence-electron chi connectivity index (χ4n) is 1.02. The molecule has 0 aliphatic heterocycles. The number of carbonyl (C=O) groups is 1. The molecule has 0 rings (SSSR count). The Hall–Kier alpha value is -0.830. The van der Waals surface area contributed by atoms with E-state index in [1.54, 1.807) is 6.08 Å². The van der Waals surface area contributed by atoms with Gasteiger partial charge in [0.25, 0.3) is 0 Å². The first kappa shape index (κ1) is 16.6. The molecule has 0 radical (unpaired) electrons. The van der Waals surface area contributed by atoms with Gasteiger partial charge in [0.15, 0.2) is 0 Å². The largest absolute Gasteiger partial charge is 0.478 e. The van der Waals surface area contributed by atoms with Crippen molar-refractivity contribution in [3.63, 3.8) is 0 Å². The third-order valence-corrected chi connectivity index (χ3v) is 1.38. The van der Waals surface area contributed by atoms with Crippen LogP contribution < -0.4 is 5.32 Å². The summed E-state index contributed by atoms with van der Waals surface area (Å²) >= 11 is 0. The topological polar surface area (TPSA) is 49.3 Å². The summed E-state index contributed by atoms with van der Waals surface area (Å²) in [6, 6.07) is 1.25. The van der Waals surface area contributed by atoms with Crippen molar-refractivity contribution >= 4 is 5.97 Å². The minimum atomic E-state index is -0.863. The van der Waals surface area contributed by atoms with Gasteiger partial charge < -0.3 is 10.4 Å². The van der Waals surface area contributed by atoms with Crippen molar-refractivity contribution in [2.45, 2.75) is 59.5 Å². The molecule has 0 heterocycles. The highest BCUT2D eigenvalue weighted by Gasteiger charge is 1.92. The minimum Gasteiger partial charge on any atom is -0.478 e. The number of unbranched alkanes of at least 4 members (excludes halogenated alkanes) is 1. The minimum absolute atomic E-state index is 0.625. The van der Waals surface area contributed by atoms with Crippen molar-refractivity contribution in [1.82, 2.24) is 5.32 Å². The van der Waals surface area contributed by atoms with Gasteiger partial charge in [-0.1, -0.05) is 47.1 Å². The molecule has 3 heteroatoms. The molecule has 0 bridgehead atoms. The molecule has 0 atom stereocenters. The maximum Gasteiger partial charge on any atom is 0.327 e. The van der Waals surface area contributed by atoms with Gasteiger partial charge in [0.2, 0.25) is 0 Å². The summed E-state index contributed by atoms with van der Waals surface area (Å²) in [4.78, 5) is 9.79. The van der Waals surface area contributed by atoms with Crippen LogP contribution in [-0.4, -0.2) is 23.2 Å². The highest BCUT2D eigenvalue weighted by Crippen LogP contribution is 1.86. The summed E-state index contributed by atoms with van der Waals surface area (Å²) in [6.07, 6.45) is 4.68. The SMILES string of the molecule is CC(C)NC(C)C.CCC/C=C/C(=O)O. The fraction of sp³-hybridized carbons (Fsp3) is 0.750. The second-order valence-electron chi connectivity index (χ2n) is 4.01. The van der Waals surface area contributed by atoms with Crippen LogP contribution in [0.2, 0.25) is 0 Å². The maximum atomic E-state index is 9.79. The van der Waals surface area contributed by atoms with Gasteiger partial charge in [-0.2, -0.15) is 0 Å². The van der Waals surface area contributed by atoms with E-state index in [0.29, 0.717) is 12.1 Å². The quantitative estimate of drug-likeness (QED) is 0.693. The molecule has 0 unspecified atom stereocenters. The van der Waals surface area contributed by atoms with Crippen molar-refractivity contribution in [1.29, 1.82) is 0 Å². The monoisotopic (exact) mass is 215 g/mol. The lowest BCUT2D eigenvalue weighted by molar-refractivity contribution is -0.131. The smallest absolute Gasteiger partial charge is 0.327 e. The van der Waals surface area contributed by atoms with Gasteiger partial charge >= 0.3 is 5.97 Å². The molecular formula is C12H25NO2. The first-order valence-electron chi connectivity index (χ1n) is 5.55. The summed E-state index contributed by atoms with van der Waals surface area (Å²) in [7, 11) is 0. The first-order chi connectivity index (χ1) is 6.90. The zero-order valence-electron chi connectivity index (χ0n) is 10.6. The molecule has 0 saturated heterocycles. The molecule has 0 spiro atoms. The van der Waals surface area contributed by atoms with E-state index >= 15 is 0 Å².